The number of hydrogen-bond donors (Lipinski definition) is 0. The molecule has 0 N–H and O–H groups in total. The second-order valence-corrected chi connectivity index (χ2v) is 5.80. The predicted molar refractivity (Wildman–Crippen MR) is 95.0 cm³/mol. The molecule has 0 amide bonds. The number of carbonyl (C=O) groups is 1. The van der Waals surface area contributed by atoms with Crippen molar-refractivity contribution in [2.45, 2.75) is 19.8 Å². The first kappa shape index (κ1) is 22.3. The van der Waals surface area contributed by atoms with E-state index >= 15 is 0 Å². The van der Waals surface area contributed by atoms with Crippen molar-refractivity contribution in [1.82, 2.24) is 0 Å². The molecular weight excluding hydrogens is 389 g/mol. The molecule has 0 atom stereocenters. The molecule has 0 saturated heterocycles. The Labute approximate surface area is 160 Å². The van der Waals surface area contributed by atoms with Crippen LogP contribution in [0.1, 0.15) is 24.3 Å². The van der Waals surface area contributed by atoms with Crippen LogP contribution in [0.25, 0.3) is 0 Å². The number of rotatable bonds is 5. The maximum Gasteiger partial charge on any atom is 0.302 e. The van der Waals surface area contributed by atoms with Gasteiger partial charge in [0.2, 0.25) is 0 Å². The maximum atomic E-state index is 12.7. The van der Waals surface area contributed by atoms with Gasteiger partial charge in [-0.3, -0.25) is 4.79 Å². The summed E-state index contributed by atoms with van der Waals surface area (Å²) in [7, 11) is 2.99. The molecule has 0 radical (unpaired) electrons. The van der Waals surface area contributed by atoms with Gasteiger partial charge in [-0.1, -0.05) is 29.3 Å². The fourth-order valence-electron chi connectivity index (χ4n) is 1.86. The van der Waals surface area contributed by atoms with Gasteiger partial charge in [-0.15, -0.1) is 0 Å². The lowest BCUT2D eigenvalue weighted by Gasteiger charge is -2.14. The molecule has 2 rings (SSSR count). The Hall–Kier alpha value is -1.73. The van der Waals surface area contributed by atoms with E-state index in [9.17, 15) is 13.6 Å². The lowest BCUT2D eigenvalue weighted by Crippen LogP contribution is -2.04. The Balaban J connectivity index is 0.000000260. The molecule has 0 fully saturated rings. The number of halogens is 4. The molecule has 0 unspecified atom stereocenters. The Morgan fingerprint density at radius 2 is 1.54 bits per heavy atom. The summed E-state index contributed by atoms with van der Waals surface area (Å²) >= 11 is 11.5. The molecule has 2 aromatic rings. The highest BCUT2D eigenvalue weighted by Gasteiger charge is 2.13. The minimum absolute atomic E-state index is 0.0778. The molecule has 4 nitrogen and oxygen atoms in total. The van der Waals surface area contributed by atoms with Crippen LogP contribution in [0.5, 0.6) is 0 Å². The summed E-state index contributed by atoms with van der Waals surface area (Å²) in [5, 5.41) is 0.565. The molecule has 0 aromatic heterocycles. The summed E-state index contributed by atoms with van der Waals surface area (Å²) in [6.45, 7) is 1.38. The van der Waals surface area contributed by atoms with E-state index < -0.39 is 12.1 Å². The van der Waals surface area contributed by atoms with E-state index in [1.807, 2.05) is 0 Å². The molecule has 0 aliphatic rings. The van der Waals surface area contributed by atoms with E-state index in [4.69, 9.17) is 37.4 Å². The van der Waals surface area contributed by atoms with Gasteiger partial charge in [0.15, 0.2) is 6.29 Å². The third-order valence-electron chi connectivity index (χ3n) is 3.09. The number of benzene rings is 2. The average molecular weight is 407 g/mol. The highest BCUT2D eigenvalue weighted by Crippen LogP contribution is 2.26. The zero-order valence-electron chi connectivity index (χ0n) is 14.4. The third kappa shape index (κ3) is 7.25. The van der Waals surface area contributed by atoms with E-state index in [-0.39, 0.29) is 23.4 Å². The van der Waals surface area contributed by atoms with E-state index in [0.29, 0.717) is 16.1 Å². The second kappa shape index (κ2) is 11.1. The van der Waals surface area contributed by atoms with Crippen LogP contribution in [-0.2, 0) is 25.6 Å². The van der Waals surface area contributed by atoms with Gasteiger partial charge < -0.3 is 14.2 Å². The Morgan fingerprint density at radius 1 is 1.00 bits per heavy atom. The highest BCUT2D eigenvalue weighted by atomic mass is 35.5. The molecule has 0 aliphatic carbocycles. The average Bonchev–Trinajstić information content (AvgIpc) is 2.57. The molecule has 0 saturated carbocycles. The fourth-order valence-corrected chi connectivity index (χ4v) is 2.34. The van der Waals surface area contributed by atoms with Crippen molar-refractivity contribution in [2.75, 3.05) is 14.2 Å². The minimum Gasteiger partial charge on any atom is -0.461 e. The largest absolute Gasteiger partial charge is 0.461 e. The number of hydrogen-bond acceptors (Lipinski definition) is 4. The van der Waals surface area contributed by atoms with Gasteiger partial charge in [0, 0.05) is 32.3 Å². The molecule has 2 aromatic carbocycles. The highest BCUT2D eigenvalue weighted by molar-refractivity contribution is 6.31. The minimum atomic E-state index is -0.548. The first-order valence-corrected chi connectivity index (χ1v) is 8.11. The van der Waals surface area contributed by atoms with Crippen LogP contribution in [0.4, 0.5) is 8.78 Å². The zero-order valence-corrected chi connectivity index (χ0v) is 15.9. The summed E-state index contributed by atoms with van der Waals surface area (Å²) in [4.78, 5) is 10.5. The van der Waals surface area contributed by atoms with Crippen molar-refractivity contribution in [2.24, 2.45) is 0 Å². The predicted octanol–water partition coefficient (Wildman–Crippen LogP) is 5.31. The van der Waals surface area contributed by atoms with Gasteiger partial charge in [-0.05, 0) is 30.3 Å². The molecule has 26 heavy (non-hydrogen) atoms. The van der Waals surface area contributed by atoms with Crippen LogP contribution in [0.3, 0.4) is 0 Å². The fraction of sp³-hybridized carbons (Fsp3) is 0.278. The lowest BCUT2D eigenvalue weighted by molar-refractivity contribution is -0.142. The molecule has 142 valence electrons. The van der Waals surface area contributed by atoms with E-state index in [1.165, 1.54) is 57.5 Å². The summed E-state index contributed by atoms with van der Waals surface area (Å²) in [6, 6.07) is 8.01. The molecule has 0 heterocycles. The van der Waals surface area contributed by atoms with Crippen molar-refractivity contribution < 1.29 is 27.8 Å². The topological polar surface area (TPSA) is 44.8 Å². The van der Waals surface area contributed by atoms with E-state index in [1.54, 1.807) is 0 Å². The van der Waals surface area contributed by atoms with Crippen LogP contribution in [-0.4, -0.2) is 20.2 Å². The smallest absolute Gasteiger partial charge is 0.302 e. The first-order valence-electron chi connectivity index (χ1n) is 7.36. The molecule has 0 bridgehead atoms. The van der Waals surface area contributed by atoms with Gasteiger partial charge in [0.05, 0.1) is 10.0 Å². The maximum absolute atomic E-state index is 12.7. The summed E-state index contributed by atoms with van der Waals surface area (Å²) in [6.07, 6.45) is -0.548. The zero-order chi connectivity index (χ0) is 19.7. The van der Waals surface area contributed by atoms with Crippen LogP contribution >= 0.6 is 23.2 Å². The van der Waals surface area contributed by atoms with Gasteiger partial charge >= 0.3 is 5.97 Å². The van der Waals surface area contributed by atoms with Crippen molar-refractivity contribution in [1.29, 1.82) is 0 Å². The summed E-state index contributed by atoms with van der Waals surface area (Å²) in [5.41, 5.74) is 1.21. The van der Waals surface area contributed by atoms with Gasteiger partial charge in [-0.2, -0.15) is 0 Å². The normalized spacial score (nSPS) is 10.3. The second-order valence-electron chi connectivity index (χ2n) is 4.99. The Morgan fingerprint density at radius 3 is 2.00 bits per heavy atom. The molecule has 8 heteroatoms. The third-order valence-corrected chi connectivity index (χ3v) is 3.77. The standard InChI is InChI=1S/C9H10ClFO2.C9H8ClFO2/c1-12-9(13-2)7-4-3-6(11)5-8(7)10;1-6(12)13-5-7-2-3-8(11)4-9(7)10/h3-5,9H,1-2H3;2-4H,5H2,1H3. The Bertz CT molecular complexity index is 737. The van der Waals surface area contributed by atoms with Gasteiger partial charge in [0.25, 0.3) is 0 Å². The van der Waals surface area contributed by atoms with Crippen LogP contribution < -0.4 is 0 Å². The van der Waals surface area contributed by atoms with Gasteiger partial charge in [-0.25, -0.2) is 8.78 Å². The SMILES string of the molecule is CC(=O)OCc1ccc(F)cc1Cl.COC(OC)c1ccc(F)cc1Cl. The van der Waals surface area contributed by atoms with Gasteiger partial charge in [0.1, 0.15) is 18.2 Å². The van der Waals surface area contributed by atoms with Crippen molar-refractivity contribution in [3.8, 4) is 0 Å². The van der Waals surface area contributed by atoms with Crippen molar-refractivity contribution >= 4 is 29.2 Å². The van der Waals surface area contributed by atoms with Crippen molar-refractivity contribution in [3.05, 3.63) is 69.2 Å². The number of esters is 1. The van der Waals surface area contributed by atoms with E-state index in [0.717, 1.165) is 0 Å². The van der Waals surface area contributed by atoms with E-state index in [2.05, 4.69) is 0 Å². The monoisotopic (exact) mass is 406 g/mol. The summed E-state index contributed by atoms with van der Waals surface area (Å²) < 4.78 is 39.9. The molecule has 0 spiro atoms. The van der Waals surface area contributed by atoms with Crippen LogP contribution in [0.15, 0.2) is 36.4 Å². The van der Waals surface area contributed by atoms with Crippen LogP contribution in [0, 0.1) is 11.6 Å². The number of methoxy groups -OCH3 is 2. The quantitative estimate of drug-likeness (QED) is 0.498. The number of ether oxygens (including phenoxy) is 3. The van der Waals surface area contributed by atoms with Crippen LogP contribution in [0.2, 0.25) is 10.0 Å². The summed E-state index contributed by atoms with van der Waals surface area (Å²) in [5.74, 6) is -1.17. The molecule has 0 aliphatic heterocycles. The Kier molecular flexibility index (Phi) is 9.51. The first-order chi connectivity index (χ1) is 12.3. The van der Waals surface area contributed by atoms with Crippen molar-refractivity contribution in [3.63, 3.8) is 0 Å². The lowest BCUT2D eigenvalue weighted by atomic mass is 10.2. The molecular formula is C18H18Cl2F2O4. The number of carbonyl (C=O) groups excluding carboxylic acids is 1.